The van der Waals surface area contributed by atoms with E-state index >= 15 is 0 Å². The average Bonchev–Trinajstić information content (AvgIpc) is 2.66. The highest BCUT2D eigenvalue weighted by Gasteiger charge is 2.15. The number of carboxylic acids is 1. The Balaban J connectivity index is 1.97. The monoisotopic (exact) mass is 213 g/mol. The Morgan fingerprint density at radius 2 is 2.13 bits per heavy atom. The molecule has 3 heteroatoms. The molecule has 0 aliphatic heterocycles. The van der Waals surface area contributed by atoms with Crippen LogP contribution < -0.4 is 5.32 Å². The van der Waals surface area contributed by atoms with E-state index in [1.165, 1.54) is 38.5 Å². The molecule has 2 N–H and O–H groups in total. The summed E-state index contributed by atoms with van der Waals surface area (Å²) >= 11 is 0. The average molecular weight is 213 g/mol. The van der Waals surface area contributed by atoms with Gasteiger partial charge in [0.05, 0.1) is 6.42 Å². The molecule has 0 amide bonds. The first-order chi connectivity index (χ1) is 7.18. The molecule has 1 rings (SSSR count). The van der Waals surface area contributed by atoms with Crippen LogP contribution in [0.2, 0.25) is 0 Å². The molecule has 1 unspecified atom stereocenters. The molecule has 0 bridgehead atoms. The van der Waals surface area contributed by atoms with Crippen LogP contribution in [-0.4, -0.2) is 23.7 Å². The van der Waals surface area contributed by atoms with E-state index in [-0.39, 0.29) is 6.42 Å². The van der Waals surface area contributed by atoms with Gasteiger partial charge in [0.15, 0.2) is 0 Å². The summed E-state index contributed by atoms with van der Waals surface area (Å²) in [4.78, 5) is 10.3. The molecule has 0 radical (unpaired) electrons. The van der Waals surface area contributed by atoms with E-state index in [9.17, 15) is 4.79 Å². The van der Waals surface area contributed by atoms with Gasteiger partial charge >= 0.3 is 5.97 Å². The van der Waals surface area contributed by atoms with Gasteiger partial charge in [-0.05, 0) is 25.7 Å². The van der Waals surface area contributed by atoms with Crippen molar-refractivity contribution in [2.45, 2.75) is 57.9 Å². The second-order valence-corrected chi connectivity index (χ2v) is 4.73. The smallest absolute Gasteiger partial charge is 0.304 e. The van der Waals surface area contributed by atoms with Gasteiger partial charge in [0.1, 0.15) is 0 Å². The highest BCUT2D eigenvalue weighted by molar-refractivity contribution is 5.66. The lowest BCUT2D eigenvalue weighted by Gasteiger charge is -2.15. The first kappa shape index (κ1) is 12.5. The van der Waals surface area contributed by atoms with Crippen molar-refractivity contribution in [3.05, 3.63) is 0 Å². The molecule has 1 atom stereocenters. The number of aliphatic carboxylic acids is 1. The number of hydrogen-bond donors (Lipinski definition) is 2. The highest BCUT2D eigenvalue weighted by Crippen LogP contribution is 2.28. The van der Waals surface area contributed by atoms with E-state index in [0.717, 1.165) is 5.92 Å². The van der Waals surface area contributed by atoms with Crippen LogP contribution in [0.3, 0.4) is 0 Å². The fraction of sp³-hybridized carbons (Fsp3) is 0.917. The molecule has 1 saturated carbocycles. The zero-order chi connectivity index (χ0) is 11.1. The van der Waals surface area contributed by atoms with Crippen LogP contribution in [0.15, 0.2) is 0 Å². The van der Waals surface area contributed by atoms with Crippen LogP contribution in [0.4, 0.5) is 0 Å². The first-order valence-electron chi connectivity index (χ1n) is 6.13. The molecule has 3 nitrogen and oxygen atoms in total. The summed E-state index contributed by atoms with van der Waals surface area (Å²) in [6.45, 7) is 2.75. The van der Waals surface area contributed by atoms with Crippen molar-refractivity contribution in [3.8, 4) is 0 Å². The number of hydrogen-bond acceptors (Lipinski definition) is 2. The minimum atomic E-state index is -0.717. The van der Waals surface area contributed by atoms with Crippen molar-refractivity contribution >= 4 is 5.97 Å². The Kier molecular flexibility index (Phi) is 5.69. The lowest BCUT2D eigenvalue weighted by molar-refractivity contribution is -0.136. The molecule has 88 valence electrons. The summed E-state index contributed by atoms with van der Waals surface area (Å²) in [5, 5.41) is 11.7. The fourth-order valence-corrected chi connectivity index (χ4v) is 2.31. The third-order valence-electron chi connectivity index (χ3n) is 3.31. The first-order valence-corrected chi connectivity index (χ1v) is 6.13. The van der Waals surface area contributed by atoms with Crippen LogP contribution in [0.1, 0.15) is 51.9 Å². The minimum Gasteiger partial charge on any atom is -0.481 e. The lowest BCUT2D eigenvalue weighted by Crippen LogP contribution is -2.28. The highest BCUT2D eigenvalue weighted by atomic mass is 16.4. The number of rotatable bonds is 7. The molecule has 15 heavy (non-hydrogen) atoms. The molecule has 0 heterocycles. The molecule has 0 spiro atoms. The topological polar surface area (TPSA) is 49.3 Å². The molecule has 1 aliphatic carbocycles. The van der Waals surface area contributed by atoms with Crippen LogP contribution >= 0.6 is 0 Å². The van der Waals surface area contributed by atoms with Crippen molar-refractivity contribution in [1.29, 1.82) is 0 Å². The SMILES string of the molecule is CC(CCC1CCCC1)NCCC(=O)O. The largest absolute Gasteiger partial charge is 0.481 e. The number of carboxylic acid groups (broad SMARTS) is 1. The van der Waals surface area contributed by atoms with Crippen LogP contribution in [-0.2, 0) is 4.79 Å². The summed E-state index contributed by atoms with van der Waals surface area (Å²) in [5.41, 5.74) is 0. The Labute approximate surface area is 92.3 Å². The summed E-state index contributed by atoms with van der Waals surface area (Å²) in [6, 6.07) is 0.463. The maximum absolute atomic E-state index is 10.3. The molecular formula is C12H23NO2. The van der Waals surface area contributed by atoms with Crippen molar-refractivity contribution in [3.63, 3.8) is 0 Å². The van der Waals surface area contributed by atoms with Gasteiger partial charge in [0, 0.05) is 12.6 Å². The van der Waals surface area contributed by atoms with Gasteiger partial charge in [0.2, 0.25) is 0 Å². The van der Waals surface area contributed by atoms with Crippen molar-refractivity contribution in [2.75, 3.05) is 6.54 Å². The fourth-order valence-electron chi connectivity index (χ4n) is 2.31. The van der Waals surface area contributed by atoms with Gasteiger partial charge in [-0.15, -0.1) is 0 Å². The van der Waals surface area contributed by atoms with Gasteiger partial charge in [0.25, 0.3) is 0 Å². The maximum atomic E-state index is 10.3. The van der Waals surface area contributed by atoms with Crippen molar-refractivity contribution in [1.82, 2.24) is 5.32 Å². The van der Waals surface area contributed by atoms with Gasteiger partial charge in [-0.25, -0.2) is 0 Å². The summed E-state index contributed by atoms with van der Waals surface area (Å²) in [5.74, 6) is 0.221. The van der Waals surface area contributed by atoms with Gasteiger partial charge in [-0.1, -0.05) is 25.7 Å². The Morgan fingerprint density at radius 1 is 1.47 bits per heavy atom. The Bertz CT molecular complexity index is 188. The Morgan fingerprint density at radius 3 is 2.73 bits per heavy atom. The van der Waals surface area contributed by atoms with Gasteiger partial charge in [-0.2, -0.15) is 0 Å². The van der Waals surface area contributed by atoms with Crippen molar-refractivity contribution in [2.24, 2.45) is 5.92 Å². The molecule has 0 aromatic heterocycles. The van der Waals surface area contributed by atoms with E-state index in [4.69, 9.17) is 5.11 Å². The Hall–Kier alpha value is -0.570. The van der Waals surface area contributed by atoms with E-state index in [2.05, 4.69) is 12.2 Å². The van der Waals surface area contributed by atoms with E-state index in [1.807, 2.05) is 0 Å². The third-order valence-corrected chi connectivity index (χ3v) is 3.31. The van der Waals surface area contributed by atoms with Crippen molar-refractivity contribution < 1.29 is 9.90 Å². The van der Waals surface area contributed by atoms with E-state index < -0.39 is 5.97 Å². The zero-order valence-electron chi connectivity index (χ0n) is 9.67. The van der Waals surface area contributed by atoms with Gasteiger partial charge < -0.3 is 10.4 Å². The second-order valence-electron chi connectivity index (χ2n) is 4.73. The minimum absolute atomic E-state index is 0.230. The third kappa shape index (κ3) is 5.78. The predicted octanol–water partition coefficient (Wildman–Crippen LogP) is 2.41. The lowest BCUT2D eigenvalue weighted by atomic mass is 9.99. The number of nitrogens with one attached hydrogen (secondary N) is 1. The normalized spacial score (nSPS) is 19.3. The summed E-state index contributed by atoms with van der Waals surface area (Å²) in [7, 11) is 0. The standard InChI is InChI=1S/C12H23NO2/c1-10(13-9-8-12(14)15)6-7-11-4-2-3-5-11/h10-11,13H,2-9H2,1H3,(H,14,15). The zero-order valence-corrected chi connectivity index (χ0v) is 9.67. The molecular weight excluding hydrogens is 190 g/mol. The summed E-state index contributed by atoms with van der Waals surface area (Å²) in [6.07, 6.45) is 8.35. The quantitative estimate of drug-likeness (QED) is 0.682. The van der Waals surface area contributed by atoms with Crippen LogP contribution in [0.5, 0.6) is 0 Å². The maximum Gasteiger partial charge on any atom is 0.304 e. The van der Waals surface area contributed by atoms with E-state index in [1.54, 1.807) is 0 Å². The molecule has 0 aromatic rings. The summed E-state index contributed by atoms with van der Waals surface area (Å²) < 4.78 is 0. The molecule has 0 aromatic carbocycles. The van der Waals surface area contributed by atoms with Gasteiger partial charge in [-0.3, -0.25) is 4.79 Å². The molecule has 1 aliphatic rings. The van der Waals surface area contributed by atoms with E-state index in [0.29, 0.717) is 12.6 Å². The van der Waals surface area contributed by atoms with Crippen LogP contribution in [0, 0.1) is 5.92 Å². The molecule has 0 saturated heterocycles. The number of carbonyl (C=O) groups is 1. The van der Waals surface area contributed by atoms with Crippen LogP contribution in [0.25, 0.3) is 0 Å². The second kappa shape index (κ2) is 6.83. The predicted molar refractivity (Wildman–Crippen MR) is 60.9 cm³/mol. The molecule has 1 fully saturated rings.